The van der Waals surface area contributed by atoms with Crippen molar-refractivity contribution in [1.82, 2.24) is 15.8 Å². The summed E-state index contributed by atoms with van der Waals surface area (Å²) in [6.07, 6.45) is 2.58. The van der Waals surface area contributed by atoms with Crippen molar-refractivity contribution in [2.24, 2.45) is 10.2 Å². The summed E-state index contributed by atoms with van der Waals surface area (Å²) in [7, 11) is 0. The fourth-order valence-electron chi connectivity index (χ4n) is 2.32. The van der Waals surface area contributed by atoms with E-state index in [0.29, 0.717) is 11.1 Å². The van der Waals surface area contributed by atoms with Gasteiger partial charge in [-0.25, -0.2) is 15.8 Å². The molecule has 0 radical (unpaired) electrons. The van der Waals surface area contributed by atoms with Crippen molar-refractivity contribution in [1.29, 1.82) is 0 Å². The van der Waals surface area contributed by atoms with Crippen LogP contribution in [0.4, 0.5) is 0 Å². The molecule has 0 spiro atoms. The summed E-state index contributed by atoms with van der Waals surface area (Å²) < 4.78 is 0. The van der Waals surface area contributed by atoms with E-state index in [4.69, 9.17) is 0 Å². The summed E-state index contributed by atoms with van der Waals surface area (Å²) in [5.41, 5.74) is 5.37. The van der Waals surface area contributed by atoms with E-state index < -0.39 is 11.8 Å². The van der Waals surface area contributed by atoms with Gasteiger partial charge in [0.15, 0.2) is 0 Å². The van der Waals surface area contributed by atoms with Gasteiger partial charge in [0, 0.05) is 11.1 Å². The number of phenolic OH excluding ortho intramolecular Hbond substituents is 2. The second-order valence-electron chi connectivity index (χ2n) is 5.92. The SMILES string of the molecule is O=C(N/N=C\c1ccccc1O)c1cccc(C(=O)N/N=C\c2ccccc2O)n1. The van der Waals surface area contributed by atoms with Crippen molar-refractivity contribution in [3.05, 3.63) is 89.2 Å². The first-order chi connectivity index (χ1) is 14.5. The minimum absolute atomic E-state index is 0.0247. The summed E-state index contributed by atoms with van der Waals surface area (Å²) in [5.74, 6) is -1.21. The molecule has 0 saturated carbocycles. The van der Waals surface area contributed by atoms with Crippen LogP contribution in [-0.4, -0.2) is 39.4 Å². The van der Waals surface area contributed by atoms with Gasteiger partial charge in [-0.2, -0.15) is 10.2 Å². The zero-order valence-electron chi connectivity index (χ0n) is 15.6. The molecule has 30 heavy (non-hydrogen) atoms. The summed E-state index contributed by atoms with van der Waals surface area (Å²) in [4.78, 5) is 28.4. The first-order valence-electron chi connectivity index (χ1n) is 8.74. The number of carbonyl (C=O) groups excluding carboxylic acids is 2. The van der Waals surface area contributed by atoms with E-state index in [0.717, 1.165) is 0 Å². The van der Waals surface area contributed by atoms with E-state index in [1.54, 1.807) is 36.4 Å². The number of para-hydroxylation sites is 2. The molecule has 0 aliphatic rings. The molecule has 0 unspecified atom stereocenters. The summed E-state index contributed by atoms with van der Waals surface area (Å²) in [5, 5.41) is 26.9. The number of carbonyl (C=O) groups is 2. The predicted molar refractivity (Wildman–Crippen MR) is 111 cm³/mol. The van der Waals surface area contributed by atoms with Crippen LogP contribution in [0.15, 0.2) is 76.9 Å². The van der Waals surface area contributed by atoms with Crippen LogP contribution in [0.5, 0.6) is 11.5 Å². The predicted octanol–water partition coefficient (Wildman–Crippen LogP) is 2.02. The Hall–Kier alpha value is -4.53. The van der Waals surface area contributed by atoms with Crippen LogP contribution in [0.25, 0.3) is 0 Å². The lowest BCUT2D eigenvalue weighted by molar-refractivity contribution is 0.0945. The minimum Gasteiger partial charge on any atom is -0.507 e. The first-order valence-corrected chi connectivity index (χ1v) is 8.74. The molecule has 2 aromatic carbocycles. The Labute approximate surface area is 171 Å². The van der Waals surface area contributed by atoms with Gasteiger partial charge in [0.25, 0.3) is 11.8 Å². The highest BCUT2D eigenvalue weighted by molar-refractivity contribution is 5.97. The van der Waals surface area contributed by atoms with Gasteiger partial charge in [-0.1, -0.05) is 30.3 Å². The number of pyridine rings is 1. The van der Waals surface area contributed by atoms with Crippen molar-refractivity contribution in [3.8, 4) is 11.5 Å². The number of aromatic hydroxyl groups is 2. The molecule has 0 bridgehead atoms. The van der Waals surface area contributed by atoms with Crippen LogP contribution >= 0.6 is 0 Å². The molecule has 3 rings (SSSR count). The number of nitrogens with one attached hydrogen (secondary N) is 2. The average molecular weight is 403 g/mol. The molecule has 1 aromatic heterocycles. The number of hydrogen-bond donors (Lipinski definition) is 4. The number of nitrogens with zero attached hydrogens (tertiary/aromatic N) is 3. The maximum Gasteiger partial charge on any atom is 0.289 e. The normalized spacial score (nSPS) is 10.9. The zero-order chi connectivity index (χ0) is 21.3. The molecular formula is C21H17N5O4. The van der Waals surface area contributed by atoms with Crippen molar-refractivity contribution in [3.63, 3.8) is 0 Å². The lowest BCUT2D eigenvalue weighted by Gasteiger charge is -2.03. The van der Waals surface area contributed by atoms with Crippen molar-refractivity contribution >= 4 is 24.2 Å². The van der Waals surface area contributed by atoms with Gasteiger partial charge in [0.1, 0.15) is 22.9 Å². The number of amides is 2. The van der Waals surface area contributed by atoms with E-state index >= 15 is 0 Å². The Bertz CT molecular complexity index is 1040. The van der Waals surface area contributed by atoms with E-state index in [1.165, 1.54) is 42.8 Å². The van der Waals surface area contributed by atoms with Crippen LogP contribution in [0, 0.1) is 0 Å². The highest BCUT2D eigenvalue weighted by Gasteiger charge is 2.11. The summed E-state index contributed by atoms with van der Waals surface area (Å²) in [6, 6.07) is 17.4. The van der Waals surface area contributed by atoms with Crippen LogP contribution in [0.2, 0.25) is 0 Å². The lowest BCUT2D eigenvalue weighted by Crippen LogP contribution is -2.23. The second kappa shape index (κ2) is 9.60. The molecule has 0 aliphatic carbocycles. The molecular weight excluding hydrogens is 386 g/mol. The first kappa shape index (κ1) is 20.2. The van der Waals surface area contributed by atoms with Crippen molar-refractivity contribution in [2.75, 3.05) is 0 Å². The van der Waals surface area contributed by atoms with Gasteiger partial charge in [-0.05, 0) is 36.4 Å². The Morgan fingerprint density at radius 2 is 1.13 bits per heavy atom. The molecule has 9 nitrogen and oxygen atoms in total. The van der Waals surface area contributed by atoms with E-state index in [-0.39, 0.29) is 22.9 Å². The average Bonchev–Trinajstić information content (AvgIpc) is 2.76. The molecule has 9 heteroatoms. The Balaban J connectivity index is 1.62. The number of hydrogen-bond acceptors (Lipinski definition) is 7. The van der Waals surface area contributed by atoms with Crippen LogP contribution in [0.3, 0.4) is 0 Å². The molecule has 2 amide bonds. The number of phenols is 2. The number of rotatable bonds is 6. The number of benzene rings is 2. The zero-order valence-corrected chi connectivity index (χ0v) is 15.6. The van der Waals surface area contributed by atoms with E-state index in [9.17, 15) is 19.8 Å². The topological polar surface area (TPSA) is 136 Å². The summed E-state index contributed by atoms with van der Waals surface area (Å²) >= 11 is 0. The standard InChI is InChI=1S/C21H17N5O4/c27-18-10-3-1-6-14(18)12-22-25-20(29)16-8-5-9-17(24-16)21(30)26-23-13-15-7-2-4-11-19(15)28/h1-13,27-28H,(H,25,29)(H,26,30)/b22-12-,23-13-. The van der Waals surface area contributed by atoms with Gasteiger partial charge in [-0.3, -0.25) is 9.59 Å². The fourth-order valence-corrected chi connectivity index (χ4v) is 2.32. The molecule has 3 aromatic rings. The van der Waals surface area contributed by atoms with Gasteiger partial charge in [0.05, 0.1) is 12.4 Å². The Morgan fingerprint density at radius 1 is 0.700 bits per heavy atom. The largest absolute Gasteiger partial charge is 0.507 e. The minimum atomic E-state index is -0.631. The van der Waals surface area contributed by atoms with Crippen molar-refractivity contribution in [2.45, 2.75) is 0 Å². The number of aromatic nitrogens is 1. The quantitative estimate of drug-likeness (QED) is 0.369. The maximum atomic E-state index is 12.2. The molecule has 0 aliphatic heterocycles. The van der Waals surface area contributed by atoms with Gasteiger partial charge < -0.3 is 10.2 Å². The van der Waals surface area contributed by atoms with Crippen LogP contribution in [-0.2, 0) is 0 Å². The van der Waals surface area contributed by atoms with Gasteiger partial charge in [0.2, 0.25) is 0 Å². The van der Waals surface area contributed by atoms with Crippen LogP contribution < -0.4 is 10.9 Å². The molecule has 0 fully saturated rings. The molecule has 1 heterocycles. The van der Waals surface area contributed by atoms with Crippen molar-refractivity contribution < 1.29 is 19.8 Å². The summed E-state index contributed by atoms with van der Waals surface area (Å²) in [6.45, 7) is 0. The fraction of sp³-hybridized carbons (Fsp3) is 0. The second-order valence-corrected chi connectivity index (χ2v) is 5.92. The third-order valence-corrected chi connectivity index (χ3v) is 3.83. The van der Waals surface area contributed by atoms with Gasteiger partial charge in [-0.15, -0.1) is 0 Å². The highest BCUT2D eigenvalue weighted by atomic mass is 16.3. The molecule has 0 atom stereocenters. The van der Waals surface area contributed by atoms with Gasteiger partial charge >= 0.3 is 0 Å². The monoisotopic (exact) mass is 403 g/mol. The lowest BCUT2D eigenvalue weighted by atomic mass is 10.2. The van der Waals surface area contributed by atoms with Crippen LogP contribution in [0.1, 0.15) is 32.1 Å². The number of hydrazone groups is 2. The molecule has 0 saturated heterocycles. The van der Waals surface area contributed by atoms with E-state index in [2.05, 4.69) is 26.0 Å². The molecule has 150 valence electrons. The third kappa shape index (κ3) is 5.26. The Kier molecular flexibility index (Phi) is 6.47. The molecule has 4 N–H and O–H groups in total. The smallest absolute Gasteiger partial charge is 0.289 e. The van der Waals surface area contributed by atoms with E-state index in [1.807, 2.05) is 0 Å². The maximum absolute atomic E-state index is 12.2. The third-order valence-electron chi connectivity index (χ3n) is 3.83. The highest BCUT2D eigenvalue weighted by Crippen LogP contribution is 2.13. The Morgan fingerprint density at radius 3 is 1.57 bits per heavy atom.